The maximum atomic E-state index is 11.6. The van der Waals surface area contributed by atoms with Crippen LogP contribution < -0.4 is 0 Å². The zero-order chi connectivity index (χ0) is 50.8. The molecule has 6 fully saturated rings. The van der Waals surface area contributed by atoms with Crippen LogP contribution in [0.2, 0.25) is 0 Å². The summed E-state index contributed by atoms with van der Waals surface area (Å²) in [6, 6.07) is -1.98. The van der Waals surface area contributed by atoms with Gasteiger partial charge in [0, 0.05) is 44.1 Å². The first-order valence-corrected chi connectivity index (χ1v) is 22.1. The molecule has 6 heterocycles. The van der Waals surface area contributed by atoms with Crippen molar-refractivity contribution in [3.63, 3.8) is 0 Å². The molecule has 0 aromatic rings. The molecule has 0 amide bonds. The molecule has 18 N–H and O–H groups in total. The van der Waals surface area contributed by atoms with Crippen molar-refractivity contribution in [3.8, 4) is 0 Å². The summed E-state index contributed by atoms with van der Waals surface area (Å²) in [5, 5.41) is 181. The Labute approximate surface area is 434 Å². The Morgan fingerprint density at radius 2 is 0.757 bits per heavy atom. The molecule has 30 nitrogen and oxygen atoms in total. The van der Waals surface area contributed by atoms with Crippen LogP contribution in [0.25, 0.3) is 5.73 Å². The summed E-state index contributed by atoms with van der Waals surface area (Å²) in [4.78, 5) is 0. The van der Waals surface area contributed by atoms with E-state index in [1.807, 2.05) is 0 Å². The van der Waals surface area contributed by atoms with Crippen LogP contribution in [0.5, 0.6) is 0 Å². The van der Waals surface area contributed by atoms with Gasteiger partial charge < -0.3 is 149 Å². The molecule has 18 unspecified atom stereocenters. The van der Waals surface area contributed by atoms with Crippen molar-refractivity contribution in [2.75, 3.05) is 39.6 Å². The third-order valence-corrected chi connectivity index (χ3v) is 12.8. The standard InChI is InChI=1S/C39H66NO29.Ac/c1-3-4-58-35-26(55)23(52)29(14(8-44)63-35)65-37-27(56)24(53)30(15(9-45)64-37)66-38-28(57)32(20(49)13(7-43)61-38)68-34-16(40)31(19(48)12(6-42)60-34)67-39-33(22(51)18(47)11(5-41)62-39)69-36-25(54)21(50)17(46)10(2)59-36;/h3,10-57H,1,4-9H2,2H3;/q-1;/t10?,11?,12?,13?,14?,15?,16?,17-,18-,19-,20-,21?,22?,23?,24?,25?,26?,27?,28?,29+,30-,31?,32?,33?,34-,35+,36-,37-,38+,39-;/m0./s1. The molecule has 405 valence electrons. The van der Waals surface area contributed by atoms with Gasteiger partial charge in [-0.05, 0) is 6.92 Å². The predicted molar refractivity (Wildman–Crippen MR) is 214 cm³/mol. The molecule has 0 bridgehead atoms. The second-order valence-electron chi connectivity index (χ2n) is 17.4. The Morgan fingerprint density at radius 3 is 1.30 bits per heavy atom. The fourth-order valence-electron chi connectivity index (χ4n) is 8.74. The van der Waals surface area contributed by atoms with Gasteiger partial charge in [-0.15, -0.1) is 6.58 Å². The summed E-state index contributed by atoms with van der Waals surface area (Å²) in [6.45, 7) is 0.0177. The third kappa shape index (κ3) is 12.9. The van der Waals surface area contributed by atoms with Crippen LogP contribution >= 0.6 is 0 Å². The van der Waals surface area contributed by atoms with Gasteiger partial charge in [0.2, 0.25) is 0 Å². The second-order valence-corrected chi connectivity index (χ2v) is 17.4. The van der Waals surface area contributed by atoms with Gasteiger partial charge >= 0.3 is 0 Å². The molecule has 0 saturated carbocycles. The second kappa shape index (κ2) is 26.8. The molecule has 0 aliphatic carbocycles. The van der Waals surface area contributed by atoms with Crippen LogP contribution in [0.4, 0.5) is 0 Å². The Hall–Kier alpha value is -0.0184. The van der Waals surface area contributed by atoms with Gasteiger partial charge in [0.25, 0.3) is 0 Å². The largest absolute Gasteiger partial charge is 0.668 e. The van der Waals surface area contributed by atoms with E-state index in [2.05, 4.69) is 6.58 Å². The SMILES string of the molecule is C=CCO[C@@H]1OC(CO)[C@@H](O[C@@H]2OC(CO)[C@H](O[C@H]3OC(CO)[C@H](O)C(O[C@@H]4OC(CO)[C@H](O)C(O[C@@H]5OC(CO)[C@H](O)C(O)C5O[C@@H]5OC(C)[C@H](O)C(O)C5O)C4[NH-])C3O)C(O)C2O)C(O)C1O.[Ac]. The Bertz CT molecular complexity index is 1580. The molecular formula is C39H66AcNO29-. The van der Waals surface area contributed by atoms with E-state index in [-0.39, 0.29) is 50.7 Å². The average molecular weight is 1240 g/mol. The van der Waals surface area contributed by atoms with Crippen molar-refractivity contribution in [2.24, 2.45) is 0 Å². The normalized spacial score (nSPS) is 51.4. The quantitative estimate of drug-likeness (QED) is 0.0567. The first-order valence-electron chi connectivity index (χ1n) is 22.1. The van der Waals surface area contributed by atoms with E-state index in [1.54, 1.807) is 0 Å². The van der Waals surface area contributed by atoms with E-state index in [9.17, 15) is 86.8 Å². The van der Waals surface area contributed by atoms with Crippen molar-refractivity contribution in [2.45, 2.75) is 191 Å². The Balaban J connectivity index is 0.00000913. The summed E-state index contributed by atoms with van der Waals surface area (Å²) < 4.78 is 67.7. The van der Waals surface area contributed by atoms with Crippen LogP contribution in [0.1, 0.15) is 6.92 Å². The minimum absolute atomic E-state index is 0. The van der Waals surface area contributed by atoms with Gasteiger partial charge in [-0.3, -0.25) is 0 Å². The third-order valence-electron chi connectivity index (χ3n) is 12.8. The van der Waals surface area contributed by atoms with E-state index in [0.29, 0.717) is 0 Å². The zero-order valence-electron chi connectivity index (χ0n) is 37.4. The van der Waals surface area contributed by atoms with Crippen LogP contribution in [-0.2, 0) is 56.8 Å². The average Bonchev–Trinajstić information content (AvgIpc) is 3.34. The topological polar surface area (TPSA) is 478 Å². The minimum atomic E-state index is -2.17. The van der Waals surface area contributed by atoms with Gasteiger partial charge in [-0.1, -0.05) is 12.1 Å². The number of hydrogen-bond donors (Lipinski definition) is 17. The van der Waals surface area contributed by atoms with Gasteiger partial charge in [-0.25, -0.2) is 0 Å². The maximum absolute atomic E-state index is 11.6. The van der Waals surface area contributed by atoms with E-state index in [0.717, 1.165) is 0 Å². The number of aliphatic hydroxyl groups is 17. The Kier molecular flexibility index (Phi) is 23.3. The summed E-state index contributed by atoms with van der Waals surface area (Å²) >= 11 is 0. The summed E-state index contributed by atoms with van der Waals surface area (Å²) in [5.41, 5.74) is 9.06. The van der Waals surface area contributed by atoms with E-state index in [1.165, 1.54) is 13.0 Å². The van der Waals surface area contributed by atoms with Crippen LogP contribution in [0.3, 0.4) is 0 Å². The molecule has 70 heavy (non-hydrogen) atoms. The number of hydrogen-bond acceptors (Lipinski definition) is 29. The van der Waals surface area contributed by atoms with Gasteiger partial charge in [0.05, 0.1) is 51.8 Å². The fourth-order valence-corrected chi connectivity index (χ4v) is 8.74. The summed E-state index contributed by atoms with van der Waals surface area (Å²) in [5.74, 6) is 0. The molecule has 6 aliphatic rings. The number of aliphatic hydroxyl groups excluding tert-OH is 17. The van der Waals surface area contributed by atoms with E-state index >= 15 is 0 Å². The van der Waals surface area contributed by atoms with Crippen molar-refractivity contribution in [1.29, 1.82) is 0 Å². The smallest absolute Gasteiger partial charge is 0.187 e. The molecule has 6 saturated heterocycles. The van der Waals surface area contributed by atoms with E-state index < -0.39 is 217 Å². The van der Waals surface area contributed by atoms with Gasteiger partial charge in [0.15, 0.2) is 31.5 Å². The molecule has 31 heteroatoms. The van der Waals surface area contributed by atoms with Gasteiger partial charge in [0.1, 0.15) is 134 Å². The summed E-state index contributed by atoms with van der Waals surface area (Å²) in [6.07, 6.45) is -51.2. The van der Waals surface area contributed by atoms with Crippen molar-refractivity contribution < 1.29 is 188 Å². The minimum Gasteiger partial charge on any atom is -0.668 e. The first-order chi connectivity index (χ1) is 32.8. The van der Waals surface area contributed by atoms with Crippen LogP contribution in [-0.4, -0.2) is 311 Å². The van der Waals surface area contributed by atoms with Crippen molar-refractivity contribution in [3.05, 3.63) is 18.4 Å². The van der Waals surface area contributed by atoms with Crippen molar-refractivity contribution in [1.82, 2.24) is 0 Å². The van der Waals surface area contributed by atoms with Crippen LogP contribution in [0, 0.1) is 44.1 Å². The number of ether oxygens (including phenoxy) is 12. The summed E-state index contributed by atoms with van der Waals surface area (Å²) in [7, 11) is 0. The molecule has 0 aromatic heterocycles. The number of rotatable bonds is 18. The number of nitrogens with one attached hydrogen (secondary N) is 1. The molecule has 0 aromatic carbocycles. The molecular weight excluding hydrogens is 1170 g/mol. The molecule has 1 radical (unpaired) electrons. The zero-order valence-corrected chi connectivity index (χ0v) is 42.2. The Morgan fingerprint density at radius 1 is 0.386 bits per heavy atom. The first kappa shape index (κ1) is 60.8. The van der Waals surface area contributed by atoms with Crippen LogP contribution in [0.15, 0.2) is 12.7 Å². The fraction of sp³-hybridized carbons (Fsp3) is 0.949. The molecule has 6 aliphatic heterocycles. The molecule has 6 rings (SSSR count). The maximum Gasteiger partial charge on any atom is 0.187 e. The van der Waals surface area contributed by atoms with E-state index in [4.69, 9.17) is 62.6 Å². The van der Waals surface area contributed by atoms with Gasteiger partial charge in [-0.2, -0.15) is 0 Å². The molecule has 0 spiro atoms. The predicted octanol–water partition coefficient (Wildman–Crippen LogP) is -10.8. The van der Waals surface area contributed by atoms with Crippen molar-refractivity contribution >= 4 is 0 Å². The monoisotopic (exact) mass is 1240 g/mol. The molecule has 30 atom stereocenters.